The third kappa shape index (κ3) is 4.75. The first-order valence-corrected chi connectivity index (χ1v) is 7.17. The summed E-state index contributed by atoms with van der Waals surface area (Å²) < 4.78 is 0. The lowest BCUT2D eigenvalue weighted by atomic mass is 10.0. The molecule has 1 saturated heterocycles. The SMILES string of the molecule is CC(C)CC(CO)NC1CCCSC1C. The summed E-state index contributed by atoms with van der Waals surface area (Å²) in [6, 6.07) is 0.885. The van der Waals surface area contributed by atoms with Gasteiger partial charge in [0.1, 0.15) is 0 Å². The quantitative estimate of drug-likeness (QED) is 0.761. The zero-order chi connectivity index (χ0) is 11.3. The molecular weight excluding hydrogens is 206 g/mol. The Balaban J connectivity index is 2.35. The summed E-state index contributed by atoms with van der Waals surface area (Å²) in [6.07, 6.45) is 3.65. The number of hydrogen-bond donors (Lipinski definition) is 2. The van der Waals surface area contributed by atoms with E-state index in [1.807, 2.05) is 0 Å². The molecule has 2 nitrogen and oxygen atoms in total. The smallest absolute Gasteiger partial charge is 0.0584 e. The van der Waals surface area contributed by atoms with Crippen LogP contribution in [0.5, 0.6) is 0 Å². The molecule has 1 fully saturated rings. The second kappa shape index (κ2) is 6.77. The topological polar surface area (TPSA) is 32.3 Å². The Labute approximate surface area is 98.2 Å². The van der Waals surface area contributed by atoms with E-state index in [1.165, 1.54) is 18.6 Å². The van der Waals surface area contributed by atoms with Crippen molar-refractivity contribution in [2.45, 2.75) is 57.4 Å². The molecule has 1 aliphatic heterocycles. The summed E-state index contributed by atoms with van der Waals surface area (Å²) >= 11 is 2.05. The van der Waals surface area contributed by atoms with E-state index in [-0.39, 0.29) is 12.6 Å². The molecule has 0 aromatic heterocycles. The zero-order valence-corrected chi connectivity index (χ0v) is 11.0. The molecule has 2 N–H and O–H groups in total. The van der Waals surface area contributed by atoms with E-state index in [4.69, 9.17) is 0 Å². The summed E-state index contributed by atoms with van der Waals surface area (Å²) in [5.74, 6) is 1.95. The van der Waals surface area contributed by atoms with Crippen LogP contribution in [0.3, 0.4) is 0 Å². The van der Waals surface area contributed by atoms with Crippen molar-refractivity contribution in [2.24, 2.45) is 5.92 Å². The molecule has 0 aliphatic carbocycles. The fourth-order valence-electron chi connectivity index (χ4n) is 2.21. The van der Waals surface area contributed by atoms with Crippen LogP contribution in [-0.2, 0) is 0 Å². The fraction of sp³-hybridized carbons (Fsp3) is 1.00. The van der Waals surface area contributed by atoms with E-state index < -0.39 is 0 Å². The Morgan fingerprint density at radius 3 is 2.73 bits per heavy atom. The maximum Gasteiger partial charge on any atom is 0.0584 e. The van der Waals surface area contributed by atoms with Crippen molar-refractivity contribution in [1.29, 1.82) is 0 Å². The van der Waals surface area contributed by atoms with Gasteiger partial charge in [-0.3, -0.25) is 0 Å². The van der Waals surface area contributed by atoms with Crippen LogP contribution in [0.15, 0.2) is 0 Å². The van der Waals surface area contributed by atoms with E-state index >= 15 is 0 Å². The molecule has 0 amide bonds. The number of rotatable bonds is 5. The van der Waals surface area contributed by atoms with Gasteiger partial charge in [0, 0.05) is 17.3 Å². The van der Waals surface area contributed by atoms with Crippen LogP contribution in [0.2, 0.25) is 0 Å². The predicted octanol–water partition coefficient (Wildman–Crippen LogP) is 2.27. The van der Waals surface area contributed by atoms with Gasteiger partial charge in [0.2, 0.25) is 0 Å². The second-order valence-electron chi connectivity index (χ2n) is 5.00. The highest BCUT2D eigenvalue weighted by Gasteiger charge is 2.24. The number of hydrogen-bond acceptors (Lipinski definition) is 3. The third-order valence-electron chi connectivity index (χ3n) is 3.03. The van der Waals surface area contributed by atoms with Crippen LogP contribution in [0.25, 0.3) is 0 Å². The van der Waals surface area contributed by atoms with Crippen LogP contribution < -0.4 is 5.32 Å². The highest BCUT2D eigenvalue weighted by Crippen LogP contribution is 2.25. The van der Waals surface area contributed by atoms with E-state index in [9.17, 15) is 5.11 Å². The minimum atomic E-state index is 0.270. The molecule has 0 bridgehead atoms. The number of thioether (sulfide) groups is 1. The van der Waals surface area contributed by atoms with Crippen molar-refractivity contribution in [3.05, 3.63) is 0 Å². The van der Waals surface area contributed by atoms with Gasteiger partial charge in [0.25, 0.3) is 0 Å². The number of nitrogens with one attached hydrogen (secondary N) is 1. The third-order valence-corrected chi connectivity index (χ3v) is 4.41. The lowest BCUT2D eigenvalue weighted by Gasteiger charge is -2.33. The van der Waals surface area contributed by atoms with Crippen LogP contribution >= 0.6 is 11.8 Å². The summed E-state index contributed by atoms with van der Waals surface area (Å²) in [5, 5.41) is 13.6. The van der Waals surface area contributed by atoms with Crippen molar-refractivity contribution in [2.75, 3.05) is 12.4 Å². The molecule has 1 rings (SSSR count). The van der Waals surface area contributed by atoms with E-state index in [2.05, 4.69) is 37.8 Å². The lowest BCUT2D eigenvalue weighted by Crippen LogP contribution is -2.47. The molecule has 90 valence electrons. The van der Waals surface area contributed by atoms with Gasteiger partial charge in [-0.1, -0.05) is 20.8 Å². The zero-order valence-electron chi connectivity index (χ0n) is 10.2. The van der Waals surface area contributed by atoms with E-state index in [1.54, 1.807) is 0 Å². The summed E-state index contributed by atoms with van der Waals surface area (Å²) in [6.45, 7) is 6.99. The predicted molar refractivity (Wildman–Crippen MR) is 68.4 cm³/mol. The molecule has 0 aromatic rings. The first-order chi connectivity index (χ1) is 7.13. The molecule has 1 heterocycles. The van der Waals surface area contributed by atoms with Gasteiger partial charge in [0.05, 0.1) is 6.61 Å². The average molecular weight is 231 g/mol. The molecule has 0 aromatic carbocycles. The molecule has 3 heteroatoms. The second-order valence-corrected chi connectivity index (χ2v) is 6.49. The minimum Gasteiger partial charge on any atom is -0.395 e. The van der Waals surface area contributed by atoms with Crippen molar-refractivity contribution in [3.8, 4) is 0 Å². The molecule has 3 unspecified atom stereocenters. The first kappa shape index (κ1) is 13.3. The van der Waals surface area contributed by atoms with Gasteiger partial charge in [0.15, 0.2) is 0 Å². The van der Waals surface area contributed by atoms with Crippen LogP contribution in [0.4, 0.5) is 0 Å². The van der Waals surface area contributed by atoms with Crippen molar-refractivity contribution in [3.63, 3.8) is 0 Å². The minimum absolute atomic E-state index is 0.270. The van der Waals surface area contributed by atoms with Gasteiger partial charge in [-0.2, -0.15) is 11.8 Å². The maximum absolute atomic E-state index is 9.32. The van der Waals surface area contributed by atoms with Gasteiger partial charge in [-0.05, 0) is 30.9 Å². The fourth-order valence-corrected chi connectivity index (χ4v) is 3.36. The molecule has 3 atom stereocenters. The molecule has 0 spiro atoms. The summed E-state index contributed by atoms with van der Waals surface area (Å²) in [5.41, 5.74) is 0. The van der Waals surface area contributed by atoms with Crippen molar-refractivity contribution in [1.82, 2.24) is 5.32 Å². The van der Waals surface area contributed by atoms with Gasteiger partial charge in [-0.25, -0.2) is 0 Å². The molecule has 0 radical (unpaired) electrons. The Kier molecular flexibility index (Phi) is 6.02. The van der Waals surface area contributed by atoms with E-state index in [0.29, 0.717) is 17.2 Å². The summed E-state index contributed by atoms with van der Waals surface area (Å²) in [7, 11) is 0. The van der Waals surface area contributed by atoms with Crippen molar-refractivity contribution >= 4 is 11.8 Å². The number of aliphatic hydroxyl groups excluding tert-OH is 1. The van der Waals surface area contributed by atoms with Gasteiger partial charge >= 0.3 is 0 Å². The maximum atomic E-state index is 9.32. The van der Waals surface area contributed by atoms with Crippen LogP contribution in [0.1, 0.15) is 40.0 Å². The Morgan fingerprint density at radius 2 is 2.20 bits per heavy atom. The molecule has 0 saturated carbocycles. The summed E-state index contributed by atoms with van der Waals surface area (Å²) in [4.78, 5) is 0. The molecular formula is C12H25NOS. The highest BCUT2D eigenvalue weighted by molar-refractivity contribution is 7.99. The average Bonchev–Trinajstić information content (AvgIpc) is 2.19. The first-order valence-electron chi connectivity index (χ1n) is 6.12. The van der Waals surface area contributed by atoms with Crippen LogP contribution in [-0.4, -0.2) is 34.8 Å². The normalized spacial score (nSPS) is 29.4. The van der Waals surface area contributed by atoms with Crippen LogP contribution in [0, 0.1) is 5.92 Å². The Hall–Kier alpha value is 0.270. The molecule has 1 aliphatic rings. The molecule has 15 heavy (non-hydrogen) atoms. The number of aliphatic hydroxyl groups is 1. The van der Waals surface area contributed by atoms with Crippen molar-refractivity contribution < 1.29 is 5.11 Å². The van der Waals surface area contributed by atoms with E-state index in [0.717, 1.165) is 6.42 Å². The Morgan fingerprint density at radius 1 is 1.47 bits per heavy atom. The highest BCUT2D eigenvalue weighted by atomic mass is 32.2. The largest absolute Gasteiger partial charge is 0.395 e. The lowest BCUT2D eigenvalue weighted by molar-refractivity contribution is 0.209. The van der Waals surface area contributed by atoms with Gasteiger partial charge in [-0.15, -0.1) is 0 Å². The standard InChI is InChI=1S/C12H25NOS/c1-9(2)7-11(8-14)13-12-5-4-6-15-10(12)3/h9-14H,4-8H2,1-3H3. The monoisotopic (exact) mass is 231 g/mol. The van der Waals surface area contributed by atoms with Gasteiger partial charge < -0.3 is 10.4 Å². The Bertz CT molecular complexity index is 175.